The van der Waals surface area contributed by atoms with Gasteiger partial charge >= 0.3 is 0 Å². The van der Waals surface area contributed by atoms with E-state index in [2.05, 4.69) is 9.97 Å². The molecule has 0 amide bonds. The average molecular weight is 242 g/mol. The molecule has 0 aliphatic heterocycles. The number of thiazole rings is 1. The summed E-state index contributed by atoms with van der Waals surface area (Å²) >= 11 is 1.68. The molecule has 0 radical (unpaired) electrons. The molecule has 1 N–H and O–H groups in total. The zero-order chi connectivity index (χ0) is 11.7. The molecule has 3 nitrogen and oxygen atoms in total. The molecule has 0 saturated carbocycles. The van der Waals surface area contributed by atoms with E-state index >= 15 is 0 Å². The molecule has 0 spiro atoms. The van der Waals surface area contributed by atoms with Gasteiger partial charge in [-0.25, -0.2) is 4.98 Å². The SMILES string of the molecule is Oc1ccc(Cc2nc3cnccc3s2)cc1. The quantitative estimate of drug-likeness (QED) is 0.751. The molecule has 3 aromatic rings. The topological polar surface area (TPSA) is 46.0 Å². The Labute approximate surface area is 102 Å². The molecular weight excluding hydrogens is 232 g/mol. The molecule has 1 aromatic carbocycles. The van der Waals surface area contributed by atoms with Crippen LogP contribution in [0.4, 0.5) is 0 Å². The molecule has 0 bridgehead atoms. The second-order valence-electron chi connectivity index (χ2n) is 3.79. The Morgan fingerprint density at radius 3 is 2.71 bits per heavy atom. The summed E-state index contributed by atoms with van der Waals surface area (Å²) in [6, 6.07) is 9.21. The summed E-state index contributed by atoms with van der Waals surface area (Å²) in [6.45, 7) is 0. The van der Waals surface area contributed by atoms with Crippen LogP contribution < -0.4 is 0 Å². The van der Waals surface area contributed by atoms with E-state index in [1.807, 2.05) is 18.2 Å². The number of phenolic OH excluding ortho intramolecular Hbond substituents is 1. The van der Waals surface area contributed by atoms with E-state index in [1.165, 1.54) is 0 Å². The van der Waals surface area contributed by atoms with Gasteiger partial charge in [0.05, 0.1) is 21.4 Å². The van der Waals surface area contributed by atoms with Gasteiger partial charge in [0.25, 0.3) is 0 Å². The molecule has 0 aliphatic carbocycles. The first-order valence-electron chi connectivity index (χ1n) is 5.28. The van der Waals surface area contributed by atoms with Gasteiger partial charge in [0.15, 0.2) is 0 Å². The molecule has 0 saturated heterocycles. The number of nitrogens with zero attached hydrogens (tertiary/aromatic N) is 2. The third-order valence-electron chi connectivity index (χ3n) is 2.53. The van der Waals surface area contributed by atoms with Crippen molar-refractivity contribution in [3.05, 3.63) is 53.3 Å². The molecule has 2 heterocycles. The van der Waals surface area contributed by atoms with Crippen LogP contribution in [0.5, 0.6) is 5.75 Å². The first-order chi connectivity index (χ1) is 8.31. The van der Waals surface area contributed by atoms with Crippen LogP contribution in [0.25, 0.3) is 10.2 Å². The Hall–Kier alpha value is -1.94. The standard InChI is InChI=1S/C13H10N2OS/c16-10-3-1-9(2-4-10)7-13-15-11-8-14-6-5-12(11)17-13/h1-6,8,16H,7H2. The van der Waals surface area contributed by atoms with Crippen molar-refractivity contribution in [1.29, 1.82) is 0 Å². The highest BCUT2D eigenvalue weighted by Gasteiger charge is 2.04. The summed E-state index contributed by atoms with van der Waals surface area (Å²) in [7, 11) is 0. The largest absolute Gasteiger partial charge is 0.508 e. The van der Waals surface area contributed by atoms with E-state index in [0.29, 0.717) is 5.75 Å². The van der Waals surface area contributed by atoms with Crippen LogP contribution in [-0.4, -0.2) is 15.1 Å². The monoisotopic (exact) mass is 242 g/mol. The van der Waals surface area contributed by atoms with E-state index in [1.54, 1.807) is 35.9 Å². The summed E-state index contributed by atoms with van der Waals surface area (Å²) < 4.78 is 1.16. The van der Waals surface area contributed by atoms with Gasteiger partial charge in [-0.2, -0.15) is 0 Å². The molecule has 2 aromatic heterocycles. The minimum absolute atomic E-state index is 0.294. The maximum absolute atomic E-state index is 9.22. The van der Waals surface area contributed by atoms with Crippen LogP contribution in [0.3, 0.4) is 0 Å². The number of aromatic nitrogens is 2. The van der Waals surface area contributed by atoms with E-state index in [-0.39, 0.29) is 0 Å². The number of pyridine rings is 1. The molecule has 0 aliphatic rings. The fourth-order valence-corrected chi connectivity index (χ4v) is 2.66. The number of hydrogen-bond acceptors (Lipinski definition) is 4. The lowest BCUT2D eigenvalue weighted by molar-refractivity contribution is 0.475. The summed E-state index contributed by atoms with van der Waals surface area (Å²) in [5.41, 5.74) is 2.10. The number of aromatic hydroxyl groups is 1. The van der Waals surface area contributed by atoms with Crippen molar-refractivity contribution in [3.8, 4) is 5.75 Å². The Balaban J connectivity index is 1.92. The van der Waals surface area contributed by atoms with Gasteiger partial charge < -0.3 is 5.11 Å². The lowest BCUT2D eigenvalue weighted by atomic mass is 10.1. The molecule has 17 heavy (non-hydrogen) atoms. The first kappa shape index (κ1) is 10.2. The Morgan fingerprint density at radius 1 is 1.12 bits per heavy atom. The van der Waals surface area contributed by atoms with E-state index in [0.717, 1.165) is 27.2 Å². The van der Waals surface area contributed by atoms with Gasteiger partial charge in [-0.05, 0) is 23.8 Å². The second-order valence-corrected chi connectivity index (χ2v) is 4.91. The fraction of sp³-hybridized carbons (Fsp3) is 0.0769. The van der Waals surface area contributed by atoms with E-state index in [9.17, 15) is 5.11 Å². The third-order valence-corrected chi connectivity index (χ3v) is 3.56. The van der Waals surface area contributed by atoms with Gasteiger partial charge in [0, 0.05) is 12.6 Å². The van der Waals surface area contributed by atoms with Crippen molar-refractivity contribution in [1.82, 2.24) is 9.97 Å². The maximum Gasteiger partial charge on any atom is 0.115 e. The molecule has 4 heteroatoms. The van der Waals surface area contributed by atoms with Crippen LogP contribution in [0.1, 0.15) is 10.6 Å². The van der Waals surface area contributed by atoms with Crippen molar-refractivity contribution < 1.29 is 5.11 Å². The van der Waals surface area contributed by atoms with Gasteiger partial charge in [-0.15, -0.1) is 11.3 Å². The summed E-state index contributed by atoms with van der Waals surface area (Å²) in [6.07, 6.45) is 4.36. The summed E-state index contributed by atoms with van der Waals surface area (Å²) in [5.74, 6) is 0.294. The first-order valence-corrected chi connectivity index (χ1v) is 6.10. The lowest BCUT2D eigenvalue weighted by Gasteiger charge is -1.97. The molecule has 0 atom stereocenters. The van der Waals surface area contributed by atoms with Crippen molar-refractivity contribution in [2.24, 2.45) is 0 Å². The number of rotatable bonds is 2. The molecular formula is C13H10N2OS. The lowest BCUT2D eigenvalue weighted by Crippen LogP contribution is -1.85. The summed E-state index contributed by atoms with van der Waals surface area (Å²) in [4.78, 5) is 8.58. The Kier molecular flexibility index (Phi) is 2.49. The smallest absolute Gasteiger partial charge is 0.115 e. The highest BCUT2D eigenvalue weighted by Crippen LogP contribution is 2.23. The van der Waals surface area contributed by atoms with E-state index in [4.69, 9.17) is 0 Å². The van der Waals surface area contributed by atoms with Crippen molar-refractivity contribution in [2.75, 3.05) is 0 Å². The predicted molar refractivity (Wildman–Crippen MR) is 68.3 cm³/mol. The second kappa shape index (κ2) is 4.14. The van der Waals surface area contributed by atoms with Crippen molar-refractivity contribution in [2.45, 2.75) is 6.42 Å². The highest BCUT2D eigenvalue weighted by atomic mass is 32.1. The van der Waals surface area contributed by atoms with Crippen LogP contribution in [0, 0.1) is 0 Å². The average Bonchev–Trinajstić information content (AvgIpc) is 2.74. The third kappa shape index (κ3) is 2.12. The van der Waals surface area contributed by atoms with Gasteiger partial charge in [-0.3, -0.25) is 4.98 Å². The predicted octanol–water partition coefficient (Wildman–Crippen LogP) is 2.99. The fourth-order valence-electron chi connectivity index (χ4n) is 1.69. The number of fused-ring (bicyclic) bond motifs is 1. The van der Waals surface area contributed by atoms with Gasteiger partial charge in [-0.1, -0.05) is 12.1 Å². The number of phenols is 1. The molecule has 3 rings (SSSR count). The molecule has 0 fully saturated rings. The molecule has 0 unspecified atom stereocenters. The molecule has 84 valence electrons. The maximum atomic E-state index is 9.22. The summed E-state index contributed by atoms with van der Waals surface area (Å²) in [5, 5.41) is 10.3. The van der Waals surface area contributed by atoms with Gasteiger partial charge in [0.2, 0.25) is 0 Å². The number of benzene rings is 1. The minimum Gasteiger partial charge on any atom is -0.508 e. The van der Waals surface area contributed by atoms with Crippen LogP contribution >= 0.6 is 11.3 Å². The Bertz CT molecular complexity index is 613. The van der Waals surface area contributed by atoms with Gasteiger partial charge in [0.1, 0.15) is 5.75 Å². The highest BCUT2D eigenvalue weighted by molar-refractivity contribution is 7.18. The van der Waals surface area contributed by atoms with Crippen molar-refractivity contribution >= 4 is 21.6 Å². The number of hydrogen-bond donors (Lipinski definition) is 1. The van der Waals surface area contributed by atoms with Crippen LogP contribution in [0.15, 0.2) is 42.7 Å². The van der Waals surface area contributed by atoms with Crippen LogP contribution in [0.2, 0.25) is 0 Å². The van der Waals surface area contributed by atoms with Crippen LogP contribution in [-0.2, 0) is 6.42 Å². The minimum atomic E-state index is 0.294. The van der Waals surface area contributed by atoms with Crippen molar-refractivity contribution in [3.63, 3.8) is 0 Å². The normalized spacial score (nSPS) is 10.8. The zero-order valence-electron chi connectivity index (χ0n) is 9.00. The Morgan fingerprint density at radius 2 is 1.94 bits per heavy atom. The van der Waals surface area contributed by atoms with E-state index < -0.39 is 0 Å². The zero-order valence-corrected chi connectivity index (χ0v) is 9.81.